The zero-order valence-corrected chi connectivity index (χ0v) is 11.0. The smallest absolute Gasteiger partial charge is 0.309 e. The Morgan fingerprint density at radius 2 is 2.17 bits per heavy atom. The van der Waals surface area contributed by atoms with Crippen LogP contribution in [0.15, 0.2) is 18.2 Å². The van der Waals surface area contributed by atoms with Crippen molar-refractivity contribution in [2.24, 2.45) is 0 Å². The van der Waals surface area contributed by atoms with E-state index in [1.54, 1.807) is 32.0 Å². The highest BCUT2D eigenvalue weighted by atomic mass is 16.5. The lowest BCUT2D eigenvalue weighted by atomic mass is 10.1. The van der Waals surface area contributed by atoms with Crippen molar-refractivity contribution in [3.63, 3.8) is 0 Å². The highest BCUT2D eigenvalue weighted by Gasteiger charge is 2.13. The third-order valence-corrected chi connectivity index (χ3v) is 2.40. The van der Waals surface area contributed by atoms with Crippen molar-refractivity contribution >= 4 is 17.3 Å². The van der Waals surface area contributed by atoms with Crippen molar-refractivity contribution < 1.29 is 14.6 Å². The monoisotopic (exact) mass is 252 g/mol. The minimum Gasteiger partial charge on any atom is -0.469 e. The number of hydrogen-bond acceptors (Lipinski definition) is 5. The Labute approximate surface area is 107 Å². The van der Waals surface area contributed by atoms with Crippen LogP contribution in [0.25, 0.3) is 0 Å². The molecule has 0 amide bonds. The fraction of sp³-hybridized carbons (Fsp3) is 0.462. The van der Waals surface area contributed by atoms with E-state index in [0.717, 1.165) is 11.3 Å². The van der Waals surface area contributed by atoms with E-state index in [1.807, 2.05) is 0 Å². The Balaban J connectivity index is 2.71. The lowest BCUT2D eigenvalue weighted by Gasteiger charge is -2.19. The maximum atomic E-state index is 11.1. The normalized spacial score (nSPS) is 11.1. The molecule has 0 aliphatic carbocycles. The number of esters is 1. The summed E-state index contributed by atoms with van der Waals surface area (Å²) in [6.07, 6.45) is 0.201. The summed E-state index contributed by atoms with van der Waals surface area (Å²) in [5.41, 5.74) is 7.15. The molecule has 100 valence electrons. The van der Waals surface area contributed by atoms with Gasteiger partial charge in [0.25, 0.3) is 0 Å². The van der Waals surface area contributed by atoms with Crippen LogP contribution in [0.1, 0.15) is 19.4 Å². The Morgan fingerprint density at radius 3 is 2.67 bits per heavy atom. The maximum absolute atomic E-state index is 11.1. The number of carbonyl (C=O) groups is 1. The number of nitrogens with one attached hydrogen (secondary N) is 1. The molecule has 0 bridgehead atoms. The average molecular weight is 252 g/mol. The van der Waals surface area contributed by atoms with Crippen molar-refractivity contribution in [1.29, 1.82) is 0 Å². The van der Waals surface area contributed by atoms with Gasteiger partial charge in [-0.3, -0.25) is 4.79 Å². The van der Waals surface area contributed by atoms with Crippen molar-refractivity contribution in [2.75, 3.05) is 24.7 Å². The second-order valence-corrected chi connectivity index (χ2v) is 4.84. The number of nitrogens with two attached hydrogens (primary N) is 1. The summed E-state index contributed by atoms with van der Waals surface area (Å²) in [5, 5.41) is 12.7. The SMILES string of the molecule is COC(=O)Cc1ccc(NCC(C)(C)O)c(N)c1. The summed E-state index contributed by atoms with van der Waals surface area (Å²) >= 11 is 0. The maximum Gasteiger partial charge on any atom is 0.309 e. The number of rotatable bonds is 5. The minimum absolute atomic E-state index is 0.201. The number of anilines is 2. The molecule has 0 aliphatic heterocycles. The van der Waals surface area contributed by atoms with Crippen molar-refractivity contribution in [1.82, 2.24) is 0 Å². The zero-order valence-electron chi connectivity index (χ0n) is 11.0. The van der Waals surface area contributed by atoms with Gasteiger partial charge in [-0.05, 0) is 31.5 Å². The topological polar surface area (TPSA) is 84.6 Å². The predicted octanol–water partition coefficient (Wildman–Crippen LogP) is 1.17. The molecule has 5 heteroatoms. The molecular formula is C13H20N2O3. The second-order valence-electron chi connectivity index (χ2n) is 4.84. The third kappa shape index (κ3) is 4.63. The average Bonchev–Trinajstić information content (AvgIpc) is 2.26. The van der Waals surface area contributed by atoms with Crippen LogP contribution < -0.4 is 11.1 Å². The summed E-state index contributed by atoms with van der Waals surface area (Å²) < 4.78 is 4.59. The van der Waals surface area contributed by atoms with Crippen LogP contribution in [0.3, 0.4) is 0 Å². The van der Waals surface area contributed by atoms with Crippen LogP contribution in [0.4, 0.5) is 11.4 Å². The molecule has 0 unspecified atom stereocenters. The van der Waals surface area contributed by atoms with E-state index in [9.17, 15) is 9.90 Å². The highest BCUT2D eigenvalue weighted by molar-refractivity contribution is 5.75. The number of methoxy groups -OCH3 is 1. The molecule has 5 nitrogen and oxygen atoms in total. The molecule has 18 heavy (non-hydrogen) atoms. The molecular weight excluding hydrogens is 232 g/mol. The first-order chi connectivity index (χ1) is 8.31. The quantitative estimate of drug-likeness (QED) is 0.541. The lowest BCUT2D eigenvalue weighted by molar-refractivity contribution is -0.139. The van der Waals surface area contributed by atoms with E-state index < -0.39 is 5.60 Å². The van der Waals surface area contributed by atoms with Crippen LogP contribution >= 0.6 is 0 Å². The van der Waals surface area contributed by atoms with E-state index in [-0.39, 0.29) is 12.4 Å². The highest BCUT2D eigenvalue weighted by Crippen LogP contribution is 2.21. The number of benzene rings is 1. The van der Waals surface area contributed by atoms with Gasteiger partial charge in [0.15, 0.2) is 0 Å². The van der Waals surface area contributed by atoms with Crippen molar-refractivity contribution in [3.05, 3.63) is 23.8 Å². The Bertz CT molecular complexity index is 425. The Kier molecular flexibility index (Phi) is 4.55. The molecule has 0 aliphatic rings. The van der Waals surface area contributed by atoms with E-state index in [0.29, 0.717) is 12.2 Å². The molecule has 0 saturated heterocycles. The molecule has 0 atom stereocenters. The van der Waals surface area contributed by atoms with Crippen LogP contribution in [-0.4, -0.2) is 30.3 Å². The van der Waals surface area contributed by atoms with Gasteiger partial charge >= 0.3 is 5.97 Å². The lowest BCUT2D eigenvalue weighted by Crippen LogP contribution is -2.29. The van der Waals surface area contributed by atoms with E-state index in [2.05, 4.69) is 10.1 Å². The van der Waals surface area contributed by atoms with Crippen LogP contribution in [0, 0.1) is 0 Å². The van der Waals surface area contributed by atoms with Gasteiger partial charge in [0.1, 0.15) is 0 Å². The van der Waals surface area contributed by atoms with E-state index >= 15 is 0 Å². The fourth-order valence-corrected chi connectivity index (χ4v) is 1.43. The summed E-state index contributed by atoms with van der Waals surface area (Å²) in [5.74, 6) is -0.299. The summed E-state index contributed by atoms with van der Waals surface area (Å²) in [7, 11) is 1.35. The first-order valence-electron chi connectivity index (χ1n) is 5.73. The predicted molar refractivity (Wildman–Crippen MR) is 71.4 cm³/mol. The van der Waals surface area contributed by atoms with Gasteiger partial charge in [-0.15, -0.1) is 0 Å². The van der Waals surface area contributed by atoms with Gasteiger partial charge in [0, 0.05) is 6.54 Å². The zero-order chi connectivity index (χ0) is 13.8. The fourth-order valence-electron chi connectivity index (χ4n) is 1.43. The molecule has 0 saturated carbocycles. The second kappa shape index (κ2) is 5.73. The number of aliphatic hydroxyl groups is 1. The summed E-state index contributed by atoms with van der Waals surface area (Å²) in [6.45, 7) is 3.82. The largest absolute Gasteiger partial charge is 0.469 e. The first-order valence-corrected chi connectivity index (χ1v) is 5.73. The summed E-state index contributed by atoms with van der Waals surface area (Å²) in [4.78, 5) is 11.1. The minimum atomic E-state index is -0.808. The van der Waals surface area contributed by atoms with E-state index in [4.69, 9.17) is 5.73 Å². The third-order valence-electron chi connectivity index (χ3n) is 2.40. The summed E-state index contributed by atoms with van der Waals surface area (Å²) in [6, 6.07) is 5.32. The van der Waals surface area contributed by atoms with Gasteiger partial charge in [-0.25, -0.2) is 0 Å². The molecule has 0 aromatic heterocycles. The Hall–Kier alpha value is -1.75. The molecule has 1 aromatic carbocycles. The van der Waals surface area contributed by atoms with E-state index in [1.165, 1.54) is 7.11 Å². The van der Waals surface area contributed by atoms with Gasteiger partial charge in [0.2, 0.25) is 0 Å². The van der Waals surface area contributed by atoms with Crippen LogP contribution in [0.2, 0.25) is 0 Å². The molecule has 1 aromatic rings. The van der Waals surface area contributed by atoms with Gasteiger partial charge in [-0.2, -0.15) is 0 Å². The van der Waals surface area contributed by atoms with Crippen molar-refractivity contribution in [3.8, 4) is 0 Å². The molecule has 0 spiro atoms. The standard InChI is InChI=1S/C13H20N2O3/c1-13(2,17)8-15-11-5-4-9(6-10(11)14)7-12(16)18-3/h4-6,15,17H,7-8,14H2,1-3H3. The molecule has 4 N–H and O–H groups in total. The van der Waals surface area contributed by atoms with Crippen LogP contribution in [-0.2, 0) is 16.0 Å². The number of ether oxygens (including phenoxy) is 1. The molecule has 0 heterocycles. The number of carbonyl (C=O) groups excluding carboxylic acids is 1. The number of hydrogen-bond donors (Lipinski definition) is 3. The number of nitrogen functional groups attached to an aromatic ring is 1. The van der Waals surface area contributed by atoms with Gasteiger partial charge in [-0.1, -0.05) is 6.07 Å². The Morgan fingerprint density at radius 1 is 1.50 bits per heavy atom. The van der Waals surface area contributed by atoms with Crippen LogP contribution in [0.5, 0.6) is 0 Å². The van der Waals surface area contributed by atoms with Crippen molar-refractivity contribution in [2.45, 2.75) is 25.9 Å². The van der Waals surface area contributed by atoms with Gasteiger partial charge < -0.3 is 20.9 Å². The van der Waals surface area contributed by atoms with Gasteiger partial charge in [0.05, 0.1) is 30.5 Å². The molecule has 0 fully saturated rings. The molecule has 0 radical (unpaired) electrons. The first kappa shape index (κ1) is 14.3. The molecule has 1 rings (SSSR count).